The fourth-order valence-corrected chi connectivity index (χ4v) is 2.77. The van der Waals surface area contributed by atoms with E-state index in [4.69, 9.17) is 16.0 Å². The van der Waals surface area contributed by atoms with Crippen molar-refractivity contribution in [1.29, 1.82) is 0 Å². The summed E-state index contributed by atoms with van der Waals surface area (Å²) < 4.78 is 6.35. The standard InChI is InChI=1S/C12H14BrClO/c13-11-5-4-10(15-11)8-12(9-14)6-2-1-3-7-12/h1-2,4-5H,3,6-9H2. The Balaban J connectivity index is 2.10. The number of hydrogen-bond acceptors (Lipinski definition) is 1. The molecule has 1 aromatic heterocycles. The molecule has 0 aliphatic heterocycles. The van der Waals surface area contributed by atoms with Gasteiger partial charge >= 0.3 is 0 Å². The molecule has 0 spiro atoms. The molecule has 1 atom stereocenters. The highest BCUT2D eigenvalue weighted by atomic mass is 79.9. The van der Waals surface area contributed by atoms with Gasteiger partial charge in [0.05, 0.1) is 0 Å². The lowest BCUT2D eigenvalue weighted by Gasteiger charge is -2.32. The first-order chi connectivity index (χ1) is 7.24. The van der Waals surface area contributed by atoms with Crippen LogP contribution in [0.15, 0.2) is 33.4 Å². The molecule has 0 saturated heterocycles. The van der Waals surface area contributed by atoms with E-state index in [-0.39, 0.29) is 5.41 Å². The number of rotatable bonds is 3. The molecule has 0 saturated carbocycles. The van der Waals surface area contributed by atoms with Crippen LogP contribution in [0, 0.1) is 5.41 Å². The van der Waals surface area contributed by atoms with Crippen molar-refractivity contribution in [3.05, 3.63) is 34.7 Å². The molecule has 1 heterocycles. The Kier molecular flexibility index (Phi) is 3.57. The van der Waals surface area contributed by atoms with E-state index in [1.54, 1.807) is 0 Å². The molecule has 1 aliphatic carbocycles. The molecule has 1 nitrogen and oxygen atoms in total. The monoisotopic (exact) mass is 288 g/mol. The zero-order valence-electron chi connectivity index (χ0n) is 8.51. The normalized spacial score (nSPS) is 25.7. The Morgan fingerprint density at radius 1 is 1.40 bits per heavy atom. The Bertz CT molecular complexity index is 358. The zero-order chi connectivity index (χ0) is 10.7. The highest BCUT2D eigenvalue weighted by Gasteiger charge is 2.30. The van der Waals surface area contributed by atoms with E-state index in [0.29, 0.717) is 5.88 Å². The maximum Gasteiger partial charge on any atom is 0.169 e. The van der Waals surface area contributed by atoms with E-state index < -0.39 is 0 Å². The largest absolute Gasteiger partial charge is 0.454 e. The van der Waals surface area contributed by atoms with Gasteiger partial charge in [0.25, 0.3) is 0 Å². The lowest BCUT2D eigenvalue weighted by atomic mass is 9.75. The molecule has 1 aliphatic rings. The number of allylic oxidation sites excluding steroid dienone is 2. The van der Waals surface area contributed by atoms with Crippen LogP contribution in [0.3, 0.4) is 0 Å². The van der Waals surface area contributed by atoms with Crippen molar-refractivity contribution >= 4 is 27.5 Å². The minimum Gasteiger partial charge on any atom is -0.454 e. The van der Waals surface area contributed by atoms with Crippen LogP contribution >= 0.6 is 27.5 Å². The predicted octanol–water partition coefficient (Wildman–Crippen LogP) is 4.55. The molecule has 0 N–H and O–H groups in total. The first-order valence-corrected chi connectivity index (χ1v) is 6.52. The number of furan rings is 1. The summed E-state index contributed by atoms with van der Waals surface area (Å²) in [5.74, 6) is 1.73. The van der Waals surface area contributed by atoms with Crippen molar-refractivity contribution < 1.29 is 4.42 Å². The van der Waals surface area contributed by atoms with Crippen LogP contribution in [-0.4, -0.2) is 5.88 Å². The third kappa shape index (κ3) is 2.67. The number of halogens is 2. The summed E-state index contributed by atoms with van der Waals surface area (Å²) in [6, 6.07) is 3.96. The van der Waals surface area contributed by atoms with E-state index in [1.165, 1.54) is 0 Å². The molecule has 0 radical (unpaired) electrons. The van der Waals surface area contributed by atoms with Gasteiger partial charge in [-0.1, -0.05) is 12.2 Å². The second kappa shape index (κ2) is 4.75. The molecule has 15 heavy (non-hydrogen) atoms. The molecule has 0 aromatic carbocycles. The van der Waals surface area contributed by atoms with Crippen molar-refractivity contribution in [2.24, 2.45) is 5.41 Å². The molecule has 0 fully saturated rings. The fourth-order valence-electron chi connectivity index (χ4n) is 2.09. The summed E-state index contributed by atoms with van der Waals surface area (Å²) in [7, 11) is 0. The van der Waals surface area contributed by atoms with E-state index in [0.717, 1.165) is 36.1 Å². The topological polar surface area (TPSA) is 13.1 Å². The lowest BCUT2D eigenvalue weighted by Crippen LogP contribution is -2.26. The summed E-state index contributed by atoms with van der Waals surface area (Å²) in [4.78, 5) is 0. The van der Waals surface area contributed by atoms with E-state index in [1.807, 2.05) is 12.1 Å². The van der Waals surface area contributed by atoms with Crippen LogP contribution in [-0.2, 0) is 6.42 Å². The highest BCUT2D eigenvalue weighted by molar-refractivity contribution is 9.10. The zero-order valence-corrected chi connectivity index (χ0v) is 10.9. The van der Waals surface area contributed by atoms with Gasteiger partial charge < -0.3 is 4.42 Å². The maximum atomic E-state index is 6.11. The van der Waals surface area contributed by atoms with Crippen molar-refractivity contribution in [2.45, 2.75) is 25.7 Å². The van der Waals surface area contributed by atoms with Gasteiger partial charge in [-0.15, -0.1) is 11.6 Å². The quantitative estimate of drug-likeness (QED) is 0.588. The predicted molar refractivity (Wildman–Crippen MR) is 66.3 cm³/mol. The molecule has 3 heteroatoms. The highest BCUT2D eigenvalue weighted by Crippen LogP contribution is 2.38. The van der Waals surface area contributed by atoms with Gasteiger partial charge in [-0.3, -0.25) is 0 Å². The first kappa shape index (κ1) is 11.3. The number of alkyl halides is 1. The minimum atomic E-state index is 0.202. The van der Waals surface area contributed by atoms with Crippen LogP contribution in [0.1, 0.15) is 25.0 Å². The van der Waals surface area contributed by atoms with Crippen LogP contribution in [0.25, 0.3) is 0 Å². The van der Waals surface area contributed by atoms with Crippen molar-refractivity contribution in [3.63, 3.8) is 0 Å². The molecule has 2 rings (SSSR count). The number of hydrogen-bond donors (Lipinski definition) is 0. The minimum absolute atomic E-state index is 0.202. The van der Waals surface area contributed by atoms with Gasteiger partial charge in [-0.05, 0) is 52.7 Å². The van der Waals surface area contributed by atoms with Crippen LogP contribution in [0.4, 0.5) is 0 Å². The fraction of sp³-hybridized carbons (Fsp3) is 0.500. The van der Waals surface area contributed by atoms with E-state index >= 15 is 0 Å². The van der Waals surface area contributed by atoms with Gasteiger partial charge in [-0.25, -0.2) is 0 Å². The molecule has 0 bridgehead atoms. The van der Waals surface area contributed by atoms with Gasteiger partial charge in [0.15, 0.2) is 4.67 Å². The van der Waals surface area contributed by atoms with Crippen LogP contribution in [0.2, 0.25) is 0 Å². The van der Waals surface area contributed by atoms with Gasteiger partial charge in [0, 0.05) is 12.3 Å². The molecular weight excluding hydrogens is 275 g/mol. The average molecular weight is 290 g/mol. The van der Waals surface area contributed by atoms with Gasteiger partial charge in [-0.2, -0.15) is 0 Å². The summed E-state index contributed by atoms with van der Waals surface area (Å²) in [5, 5.41) is 0. The van der Waals surface area contributed by atoms with Crippen molar-refractivity contribution in [2.75, 3.05) is 5.88 Å². The van der Waals surface area contributed by atoms with Crippen LogP contribution < -0.4 is 0 Å². The summed E-state index contributed by atoms with van der Waals surface area (Å²) in [6.07, 6.45) is 8.77. The Morgan fingerprint density at radius 3 is 2.80 bits per heavy atom. The van der Waals surface area contributed by atoms with Crippen LogP contribution in [0.5, 0.6) is 0 Å². The van der Waals surface area contributed by atoms with Gasteiger partial charge in [0.1, 0.15) is 5.76 Å². The Labute approximate surface area is 104 Å². The first-order valence-electron chi connectivity index (χ1n) is 5.19. The maximum absolute atomic E-state index is 6.11. The molecule has 1 unspecified atom stereocenters. The molecule has 0 amide bonds. The van der Waals surface area contributed by atoms with Gasteiger partial charge in [0.2, 0.25) is 0 Å². The lowest BCUT2D eigenvalue weighted by molar-refractivity contribution is 0.271. The smallest absolute Gasteiger partial charge is 0.169 e. The molecular formula is C12H14BrClO. The third-order valence-corrected chi connectivity index (χ3v) is 4.01. The summed E-state index contributed by atoms with van der Waals surface area (Å²) in [6.45, 7) is 0. The summed E-state index contributed by atoms with van der Waals surface area (Å²) >= 11 is 9.43. The average Bonchev–Trinajstić information content (AvgIpc) is 2.65. The second-order valence-electron chi connectivity index (χ2n) is 4.23. The second-order valence-corrected chi connectivity index (χ2v) is 5.28. The Morgan fingerprint density at radius 2 is 2.27 bits per heavy atom. The van der Waals surface area contributed by atoms with E-state index in [9.17, 15) is 0 Å². The third-order valence-electron chi connectivity index (χ3n) is 3.02. The summed E-state index contributed by atoms with van der Waals surface area (Å²) in [5.41, 5.74) is 0.202. The SMILES string of the molecule is ClCC1(Cc2ccc(Br)o2)CC=CCC1. The van der Waals surface area contributed by atoms with E-state index in [2.05, 4.69) is 28.1 Å². The molecule has 82 valence electrons. The molecule has 1 aromatic rings. The Hall–Kier alpha value is -0.210. The van der Waals surface area contributed by atoms with Crippen molar-refractivity contribution in [1.82, 2.24) is 0 Å². The van der Waals surface area contributed by atoms with Crippen molar-refractivity contribution in [3.8, 4) is 0 Å².